The zero-order valence-electron chi connectivity index (χ0n) is 8.72. The lowest BCUT2D eigenvalue weighted by atomic mass is 10.3. The first kappa shape index (κ1) is 12.8. The third-order valence-corrected chi connectivity index (χ3v) is 6.53. The van der Waals surface area contributed by atoms with E-state index in [0.29, 0.717) is 0 Å². The Morgan fingerprint density at radius 1 is 1.31 bits per heavy atom. The average molecular weight is 381 g/mol. The summed E-state index contributed by atoms with van der Waals surface area (Å²) in [5, 5.41) is 5.61. The maximum absolute atomic E-state index is 3.50. The number of halogens is 2. The lowest BCUT2D eigenvalue weighted by Crippen LogP contribution is -2.11. The van der Waals surface area contributed by atoms with Gasteiger partial charge in [0.25, 0.3) is 0 Å². The summed E-state index contributed by atoms with van der Waals surface area (Å²) in [6.45, 7) is 4.04. The summed E-state index contributed by atoms with van der Waals surface area (Å²) in [5.74, 6) is 0. The molecule has 2 aromatic heterocycles. The first-order valence-electron chi connectivity index (χ1n) is 4.84. The molecule has 0 aliphatic carbocycles. The van der Waals surface area contributed by atoms with Crippen LogP contribution in [-0.2, 0) is 13.1 Å². The molecule has 0 atom stereocenters. The van der Waals surface area contributed by atoms with Crippen molar-refractivity contribution in [3.8, 4) is 0 Å². The second-order valence-electron chi connectivity index (χ2n) is 3.46. The van der Waals surface area contributed by atoms with E-state index in [0.717, 1.165) is 21.3 Å². The molecule has 0 aliphatic heterocycles. The van der Waals surface area contributed by atoms with Gasteiger partial charge in [-0.1, -0.05) is 0 Å². The van der Waals surface area contributed by atoms with E-state index in [1.807, 2.05) is 11.3 Å². The summed E-state index contributed by atoms with van der Waals surface area (Å²) in [4.78, 5) is 2.77. The SMILES string of the molecule is Cc1ccsc1CNCc1cc(Br)c(Br)s1. The van der Waals surface area contributed by atoms with Crippen LogP contribution in [0.2, 0.25) is 0 Å². The highest BCUT2D eigenvalue weighted by Crippen LogP contribution is 2.32. The molecule has 0 aromatic carbocycles. The Morgan fingerprint density at radius 3 is 2.69 bits per heavy atom. The molecule has 0 unspecified atom stereocenters. The van der Waals surface area contributed by atoms with Crippen LogP contribution in [0.5, 0.6) is 0 Å². The first-order chi connectivity index (χ1) is 7.66. The van der Waals surface area contributed by atoms with Crippen molar-refractivity contribution in [3.63, 3.8) is 0 Å². The molecule has 2 rings (SSSR count). The Morgan fingerprint density at radius 2 is 2.12 bits per heavy atom. The lowest BCUT2D eigenvalue weighted by molar-refractivity contribution is 0.706. The second-order valence-corrected chi connectivity index (χ2v) is 7.77. The minimum Gasteiger partial charge on any atom is -0.307 e. The van der Waals surface area contributed by atoms with Gasteiger partial charge in [0.2, 0.25) is 0 Å². The summed E-state index contributed by atoms with van der Waals surface area (Å²) in [6, 6.07) is 4.32. The van der Waals surface area contributed by atoms with Crippen molar-refractivity contribution in [2.75, 3.05) is 0 Å². The number of hydrogen-bond acceptors (Lipinski definition) is 3. The van der Waals surface area contributed by atoms with Gasteiger partial charge in [0, 0.05) is 27.3 Å². The molecule has 2 heterocycles. The molecule has 0 aliphatic rings. The van der Waals surface area contributed by atoms with Crippen LogP contribution in [-0.4, -0.2) is 0 Å². The van der Waals surface area contributed by atoms with Crippen LogP contribution in [0.1, 0.15) is 15.3 Å². The van der Waals surface area contributed by atoms with Crippen molar-refractivity contribution in [2.24, 2.45) is 0 Å². The number of hydrogen-bond donors (Lipinski definition) is 1. The third kappa shape index (κ3) is 3.17. The van der Waals surface area contributed by atoms with Crippen LogP contribution >= 0.6 is 54.5 Å². The van der Waals surface area contributed by atoms with Gasteiger partial charge in [-0.2, -0.15) is 0 Å². The van der Waals surface area contributed by atoms with Crippen molar-refractivity contribution in [3.05, 3.63) is 41.1 Å². The Balaban J connectivity index is 1.87. The molecule has 0 radical (unpaired) electrons. The molecule has 1 N–H and O–H groups in total. The molecule has 0 saturated carbocycles. The Hall–Kier alpha value is 0.320. The molecule has 0 bridgehead atoms. The number of nitrogens with one attached hydrogen (secondary N) is 1. The van der Waals surface area contributed by atoms with Gasteiger partial charge in [0.15, 0.2) is 0 Å². The largest absolute Gasteiger partial charge is 0.307 e. The van der Waals surface area contributed by atoms with E-state index in [4.69, 9.17) is 0 Å². The van der Waals surface area contributed by atoms with Gasteiger partial charge in [-0.15, -0.1) is 22.7 Å². The molecule has 0 saturated heterocycles. The molecule has 5 heteroatoms. The molecule has 2 aromatic rings. The van der Waals surface area contributed by atoms with E-state index in [9.17, 15) is 0 Å². The monoisotopic (exact) mass is 379 g/mol. The van der Waals surface area contributed by atoms with Gasteiger partial charge in [-0.25, -0.2) is 0 Å². The van der Waals surface area contributed by atoms with E-state index in [-0.39, 0.29) is 0 Å². The van der Waals surface area contributed by atoms with Crippen LogP contribution in [0.15, 0.2) is 25.8 Å². The quantitative estimate of drug-likeness (QED) is 0.792. The maximum Gasteiger partial charge on any atom is 0.0843 e. The van der Waals surface area contributed by atoms with Crippen molar-refractivity contribution >= 4 is 54.5 Å². The standard InChI is InChI=1S/C11H11Br2NS2/c1-7-2-3-15-10(7)6-14-5-8-4-9(12)11(13)16-8/h2-4,14H,5-6H2,1H3. The molecule has 86 valence electrons. The van der Waals surface area contributed by atoms with Crippen molar-refractivity contribution in [2.45, 2.75) is 20.0 Å². The molecule has 0 amide bonds. The summed E-state index contributed by atoms with van der Waals surface area (Å²) >= 11 is 10.6. The summed E-state index contributed by atoms with van der Waals surface area (Å²) < 4.78 is 2.30. The van der Waals surface area contributed by atoms with Crippen molar-refractivity contribution in [1.29, 1.82) is 0 Å². The van der Waals surface area contributed by atoms with Crippen molar-refractivity contribution in [1.82, 2.24) is 5.32 Å². The molecular formula is C11H11Br2NS2. The first-order valence-corrected chi connectivity index (χ1v) is 8.12. The number of thiophene rings is 2. The average Bonchev–Trinajstić information content (AvgIpc) is 2.76. The molecule has 0 spiro atoms. The Kier molecular flexibility index (Phi) is 4.61. The maximum atomic E-state index is 3.50. The number of aryl methyl sites for hydroxylation is 1. The molecular weight excluding hydrogens is 370 g/mol. The number of rotatable bonds is 4. The van der Waals surface area contributed by atoms with Gasteiger partial charge in [-0.3, -0.25) is 0 Å². The Bertz CT molecular complexity index is 457. The summed E-state index contributed by atoms with van der Waals surface area (Å²) in [6.07, 6.45) is 0. The van der Waals surface area contributed by atoms with Gasteiger partial charge in [0.1, 0.15) is 0 Å². The summed E-state index contributed by atoms with van der Waals surface area (Å²) in [5.41, 5.74) is 1.38. The van der Waals surface area contributed by atoms with Crippen LogP contribution in [0.25, 0.3) is 0 Å². The highest BCUT2D eigenvalue weighted by atomic mass is 79.9. The minimum absolute atomic E-state index is 0.923. The van der Waals surface area contributed by atoms with Gasteiger partial charge in [0.05, 0.1) is 3.79 Å². The van der Waals surface area contributed by atoms with Crippen LogP contribution in [0.4, 0.5) is 0 Å². The van der Waals surface area contributed by atoms with Crippen molar-refractivity contribution < 1.29 is 0 Å². The minimum atomic E-state index is 0.923. The van der Waals surface area contributed by atoms with Gasteiger partial charge in [-0.05, 0) is 61.9 Å². The Labute approximate surface area is 120 Å². The molecule has 16 heavy (non-hydrogen) atoms. The molecule has 1 nitrogen and oxygen atoms in total. The summed E-state index contributed by atoms with van der Waals surface area (Å²) in [7, 11) is 0. The highest BCUT2D eigenvalue weighted by Gasteiger charge is 2.04. The van der Waals surface area contributed by atoms with Crippen LogP contribution in [0.3, 0.4) is 0 Å². The van der Waals surface area contributed by atoms with Crippen LogP contribution < -0.4 is 5.32 Å². The van der Waals surface area contributed by atoms with E-state index in [2.05, 4.69) is 61.6 Å². The topological polar surface area (TPSA) is 12.0 Å². The van der Waals surface area contributed by atoms with E-state index < -0.39 is 0 Å². The lowest BCUT2D eigenvalue weighted by Gasteiger charge is -2.01. The predicted molar refractivity (Wildman–Crippen MR) is 79.3 cm³/mol. The smallest absolute Gasteiger partial charge is 0.0843 e. The van der Waals surface area contributed by atoms with Gasteiger partial charge >= 0.3 is 0 Å². The highest BCUT2D eigenvalue weighted by molar-refractivity contribution is 9.13. The zero-order valence-corrected chi connectivity index (χ0v) is 13.5. The van der Waals surface area contributed by atoms with E-state index >= 15 is 0 Å². The van der Waals surface area contributed by atoms with E-state index in [1.165, 1.54) is 15.3 Å². The zero-order chi connectivity index (χ0) is 11.5. The van der Waals surface area contributed by atoms with Gasteiger partial charge < -0.3 is 5.32 Å². The normalized spacial score (nSPS) is 10.9. The fourth-order valence-corrected chi connectivity index (χ4v) is 4.39. The molecule has 0 fully saturated rings. The third-order valence-electron chi connectivity index (χ3n) is 2.25. The van der Waals surface area contributed by atoms with E-state index in [1.54, 1.807) is 11.3 Å². The van der Waals surface area contributed by atoms with Crippen LogP contribution in [0, 0.1) is 6.92 Å². The fourth-order valence-electron chi connectivity index (χ4n) is 1.36. The second kappa shape index (κ2) is 5.78. The fraction of sp³-hybridized carbons (Fsp3) is 0.273. The predicted octanol–water partition coefficient (Wildman–Crippen LogP) is 4.93.